The molecule has 0 aliphatic carbocycles. The second-order valence-corrected chi connectivity index (χ2v) is 3.96. The third-order valence-electron chi connectivity index (χ3n) is 2.55. The number of benzene rings is 1. The summed E-state index contributed by atoms with van der Waals surface area (Å²) in [7, 11) is 0. The third kappa shape index (κ3) is 3.43. The van der Waals surface area contributed by atoms with Crippen molar-refractivity contribution >= 4 is 17.2 Å². The number of aromatic nitrogens is 4. The maximum absolute atomic E-state index is 13.6. The summed E-state index contributed by atoms with van der Waals surface area (Å²) in [5.74, 6) is -1.33. The molecule has 0 radical (unpaired) electrons. The number of anilines is 1. The van der Waals surface area contributed by atoms with E-state index in [4.69, 9.17) is 10.00 Å². The zero-order valence-corrected chi connectivity index (χ0v) is 11.5. The minimum absolute atomic E-state index is 0.114. The molecule has 0 fully saturated rings. The van der Waals surface area contributed by atoms with Gasteiger partial charge < -0.3 is 10.1 Å². The van der Waals surface area contributed by atoms with E-state index in [9.17, 15) is 9.18 Å². The van der Waals surface area contributed by atoms with Crippen LogP contribution in [0.15, 0.2) is 24.4 Å². The van der Waals surface area contributed by atoms with Gasteiger partial charge in [0, 0.05) is 11.9 Å². The van der Waals surface area contributed by atoms with Crippen LogP contribution in [-0.4, -0.2) is 33.2 Å². The van der Waals surface area contributed by atoms with Crippen molar-refractivity contribution in [2.24, 2.45) is 0 Å². The molecule has 8 nitrogen and oxygen atoms in total. The summed E-state index contributed by atoms with van der Waals surface area (Å²) in [6.07, 6.45) is 1.33. The molecule has 0 bridgehead atoms. The lowest BCUT2D eigenvalue weighted by molar-refractivity contribution is 0.0521. The number of nitrogens with one attached hydrogen (secondary N) is 2. The van der Waals surface area contributed by atoms with Crippen LogP contribution in [0.1, 0.15) is 23.1 Å². The highest BCUT2D eigenvalue weighted by atomic mass is 19.1. The van der Waals surface area contributed by atoms with Crippen LogP contribution in [0.25, 0.3) is 5.57 Å². The summed E-state index contributed by atoms with van der Waals surface area (Å²) in [6.45, 7) is 1.77. The van der Waals surface area contributed by atoms with Crippen LogP contribution in [0.5, 0.6) is 0 Å². The van der Waals surface area contributed by atoms with E-state index in [-0.39, 0.29) is 23.6 Å². The molecule has 1 aromatic carbocycles. The number of tetrazole rings is 1. The molecule has 0 unspecified atom stereocenters. The van der Waals surface area contributed by atoms with Gasteiger partial charge in [-0.15, -0.1) is 10.2 Å². The van der Waals surface area contributed by atoms with Gasteiger partial charge in [0.2, 0.25) is 5.82 Å². The largest absolute Gasteiger partial charge is 0.462 e. The Morgan fingerprint density at radius 3 is 3.05 bits per heavy atom. The van der Waals surface area contributed by atoms with Crippen molar-refractivity contribution in [3.05, 3.63) is 41.6 Å². The summed E-state index contributed by atoms with van der Waals surface area (Å²) in [5.41, 5.74) is 0.328. The van der Waals surface area contributed by atoms with Crippen LogP contribution in [0.3, 0.4) is 0 Å². The maximum Gasteiger partial charge on any atom is 0.341 e. The summed E-state index contributed by atoms with van der Waals surface area (Å²) in [5, 5.41) is 24.7. The van der Waals surface area contributed by atoms with E-state index in [2.05, 4.69) is 25.9 Å². The maximum atomic E-state index is 13.6. The van der Waals surface area contributed by atoms with Crippen molar-refractivity contribution in [1.82, 2.24) is 20.6 Å². The van der Waals surface area contributed by atoms with Gasteiger partial charge in [-0.3, -0.25) is 0 Å². The van der Waals surface area contributed by atoms with Gasteiger partial charge in [-0.05, 0) is 30.3 Å². The number of rotatable bonds is 5. The van der Waals surface area contributed by atoms with Gasteiger partial charge in [0.15, 0.2) is 0 Å². The van der Waals surface area contributed by atoms with Gasteiger partial charge in [0.25, 0.3) is 0 Å². The van der Waals surface area contributed by atoms with Crippen molar-refractivity contribution in [1.29, 1.82) is 5.26 Å². The molecular formula is C13H11FN6O2. The number of halogens is 1. The molecule has 0 aliphatic heterocycles. The molecular weight excluding hydrogens is 291 g/mol. The van der Waals surface area contributed by atoms with Crippen LogP contribution in [0.4, 0.5) is 10.1 Å². The zero-order valence-electron chi connectivity index (χ0n) is 11.5. The normalized spacial score (nSPS) is 10.9. The Morgan fingerprint density at radius 2 is 2.41 bits per heavy atom. The first-order valence-electron chi connectivity index (χ1n) is 6.23. The third-order valence-corrected chi connectivity index (χ3v) is 2.55. The molecule has 2 N–H and O–H groups in total. The van der Waals surface area contributed by atoms with Crippen LogP contribution in [0, 0.1) is 17.1 Å². The fraction of sp³-hybridized carbons (Fsp3) is 0.154. The lowest BCUT2D eigenvalue weighted by atomic mass is 10.2. The van der Waals surface area contributed by atoms with Gasteiger partial charge in [-0.1, -0.05) is 0 Å². The average Bonchev–Trinajstić information content (AvgIpc) is 3.04. The van der Waals surface area contributed by atoms with E-state index in [1.807, 2.05) is 6.07 Å². The second-order valence-electron chi connectivity index (χ2n) is 3.96. The van der Waals surface area contributed by atoms with Gasteiger partial charge in [0.1, 0.15) is 17.5 Å². The molecule has 0 aliphatic rings. The van der Waals surface area contributed by atoms with Crippen molar-refractivity contribution in [3.63, 3.8) is 0 Å². The van der Waals surface area contributed by atoms with Gasteiger partial charge in [0.05, 0.1) is 12.2 Å². The standard InChI is InChI=1S/C13H11FN6O2/c1-2-22-13(21)10-5-9(3-4-11(10)14)16-7-8(6-15)12-17-19-20-18-12/h3-5,7,16H,2H2,1H3,(H,17,18,19,20). The molecule has 112 valence electrons. The second kappa shape index (κ2) is 6.94. The van der Waals surface area contributed by atoms with Gasteiger partial charge >= 0.3 is 5.97 Å². The Kier molecular flexibility index (Phi) is 4.77. The Hall–Kier alpha value is -3.28. The minimum Gasteiger partial charge on any atom is -0.462 e. The molecule has 0 amide bonds. The number of carbonyl (C=O) groups excluding carboxylic acids is 1. The van der Waals surface area contributed by atoms with Gasteiger partial charge in [-0.25, -0.2) is 9.18 Å². The molecule has 0 saturated carbocycles. The summed E-state index contributed by atoms with van der Waals surface area (Å²) < 4.78 is 18.4. The molecule has 2 aromatic rings. The number of nitriles is 1. The molecule has 2 rings (SSSR count). The Labute approximate surface area is 124 Å². The van der Waals surface area contributed by atoms with Crippen molar-refractivity contribution < 1.29 is 13.9 Å². The highest BCUT2D eigenvalue weighted by Crippen LogP contribution is 2.17. The Morgan fingerprint density at radius 1 is 1.59 bits per heavy atom. The quantitative estimate of drug-likeness (QED) is 0.634. The number of hydrogen-bond donors (Lipinski definition) is 2. The van der Waals surface area contributed by atoms with Crippen molar-refractivity contribution in [3.8, 4) is 6.07 Å². The number of nitrogens with zero attached hydrogens (tertiary/aromatic N) is 4. The molecule has 1 heterocycles. The first kappa shape index (κ1) is 15.1. The minimum atomic E-state index is -0.758. The first-order chi connectivity index (χ1) is 10.7. The molecule has 0 saturated heterocycles. The van der Waals surface area contributed by atoms with E-state index in [1.165, 1.54) is 18.3 Å². The summed E-state index contributed by atoms with van der Waals surface area (Å²) in [6, 6.07) is 5.72. The van der Waals surface area contributed by atoms with E-state index in [1.54, 1.807) is 6.92 Å². The smallest absolute Gasteiger partial charge is 0.341 e. The fourth-order valence-corrected chi connectivity index (χ4v) is 1.56. The van der Waals surface area contributed by atoms with E-state index in [0.29, 0.717) is 5.69 Å². The van der Waals surface area contributed by atoms with Crippen molar-refractivity contribution in [2.75, 3.05) is 11.9 Å². The molecule has 1 aromatic heterocycles. The van der Waals surface area contributed by atoms with Crippen LogP contribution < -0.4 is 5.32 Å². The number of H-pyrrole nitrogens is 1. The Balaban J connectivity index is 2.22. The van der Waals surface area contributed by atoms with E-state index in [0.717, 1.165) is 6.07 Å². The number of ether oxygens (including phenoxy) is 1. The van der Waals surface area contributed by atoms with Crippen LogP contribution in [-0.2, 0) is 4.74 Å². The van der Waals surface area contributed by atoms with Crippen LogP contribution >= 0.6 is 0 Å². The van der Waals surface area contributed by atoms with Crippen LogP contribution in [0.2, 0.25) is 0 Å². The average molecular weight is 302 g/mol. The lowest BCUT2D eigenvalue weighted by Gasteiger charge is -2.06. The Bertz CT molecular complexity index is 735. The fourth-order valence-electron chi connectivity index (χ4n) is 1.56. The predicted molar refractivity (Wildman–Crippen MR) is 73.7 cm³/mol. The topological polar surface area (TPSA) is 117 Å². The first-order valence-corrected chi connectivity index (χ1v) is 6.23. The molecule has 9 heteroatoms. The number of esters is 1. The van der Waals surface area contributed by atoms with E-state index >= 15 is 0 Å². The number of allylic oxidation sites excluding steroid dienone is 1. The van der Waals surface area contributed by atoms with Crippen molar-refractivity contribution in [2.45, 2.75) is 6.92 Å². The number of aromatic amines is 1. The lowest BCUT2D eigenvalue weighted by Crippen LogP contribution is -2.07. The number of hydrogen-bond acceptors (Lipinski definition) is 7. The highest BCUT2D eigenvalue weighted by Gasteiger charge is 2.13. The SMILES string of the molecule is CCOC(=O)c1cc(NC=C(C#N)c2nn[nH]n2)ccc1F. The predicted octanol–water partition coefficient (Wildman–Crippen LogP) is 1.49. The molecule has 0 atom stereocenters. The summed E-state index contributed by atoms with van der Waals surface area (Å²) in [4.78, 5) is 11.6. The molecule has 22 heavy (non-hydrogen) atoms. The van der Waals surface area contributed by atoms with Gasteiger partial charge in [-0.2, -0.15) is 10.5 Å². The highest BCUT2D eigenvalue weighted by molar-refractivity contribution is 5.91. The number of carbonyl (C=O) groups is 1. The monoisotopic (exact) mass is 302 g/mol. The summed E-state index contributed by atoms with van der Waals surface area (Å²) >= 11 is 0. The van der Waals surface area contributed by atoms with E-state index < -0.39 is 11.8 Å². The zero-order chi connectivity index (χ0) is 15.9. The molecule has 0 spiro atoms.